The molecule has 1 amide bonds. The van der Waals surface area contributed by atoms with Crippen molar-refractivity contribution in [1.82, 2.24) is 14.3 Å². The Balaban J connectivity index is 1.44. The summed E-state index contributed by atoms with van der Waals surface area (Å²) >= 11 is 0. The molecule has 8 heteroatoms. The molecule has 2 aromatic carbocycles. The van der Waals surface area contributed by atoms with Crippen molar-refractivity contribution in [2.75, 3.05) is 6.54 Å². The van der Waals surface area contributed by atoms with E-state index >= 15 is 0 Å². The van der Waals surface area contributed by atoms with Crippen molar-refractivity contribution < 1.29 is 19.0 Å². The lowest BCUT2D eigenvalue weighted by molar-refractivity contribution is -0.121. The zero-order valence-electron chi connectivity index (χ0n) is 14.9. The van der Waals surface area contributed by atoms with Crippen LogP contribution in [-0.4, -0.2) is 37.2 Å². The van der Waals surface area contributed by atoms with Gasteiger partial charge in [0.05, 0.1) is 6.54 Å². The maximum Gasteiger partial charge on any atom is 0.220 e. The first-order valence-electron chi connectivity index (χ1n) is 8.79. The highest BCUT2D eigenvalue weighted by Crippen LogP contribution is 2.44. The molecular weight excluding hydrogens is 366 g/mol. The van der Waals surface area contributed by atoms with Gasteiger partial charge < -0.3 is 10.4 Å². The predicted molar refractivity (Wildman–Crippen MR) is 105 cm³/mol. The molecule has 0 aliphatic carbocycles. The van der Waals surface area contributed by atoms with E-state index in [1.165, 1.54) is 4.31 Å². The zero-order chi connectivity index (χ0) is 19.3. The minimum absolute atomic E-state index is 0.00834. The van der Waals surface area contributed by atoms with Gasteiger partial charge in [0.15, 0.2) is 0 Å². The molecule has 146 valence electrons. The second-order valence-corrected chi connectivity index (χ2v) is 8.34. The van der Waals surface area contributed by atoms with Crippen LogP contribution >= 0.6 is 11.0 Å². The highest BCUT2D eigenvalue weighted by molar-refractivity contribution is 8.20. The van der Waals surface area contributed by atoms with E-state index in [-0.39, 0.29) is 12.5 Å². The Morgan fingerprint density at radius 2 is 1.74 bits per heavy atom. The second-order valence-electron chi connectivity index (χ2n) is 6.55. The number of hydrogen-bond donors (Lipinski definition) is 5. The lowest BCUT2D eigenvalue weighted by Crippen LogP contribution is -2.25. The molecule has 1 aliphatic rings. The molecule has 1 atom stereocenters. The van der Waals surface area contributed by atoms with E-state index < -0.39 is 17.2 Å². The van der Waals surface area contributed by atoms with E-state index in [1.807, 2.05) is 54.6 Å². The van der Waals surface area contributed by atoms with Gasteiger partial charge in [-0.1, -0.05) is 65.6 Å². The van der Waals surface area contributed by atoms with E-state index in [0.717, 1.165) is 16.7 Å². The van der Waals surface area contributed by atoms with Crippen molar-refractivity contribution in [3.63, 3.8) is 0 Å². The van der Waals surface area contributed by atoms with Crippen LogP contribution in [0.25, 0.3) is 0 Å². The van der Waals surface area contributed by atoms with Gasteiger partial charge in [-0.2, -0.15) is 9.03 Å². The van der Waals surface area contributed by atoms with Crippen molar-refractivity contribution in [3.05, 3.63) is 71.3 Å². The van der Waals surface area contributed by atoms with E-state index in [0.29, 0.717) is 25.9 Å². The van der Waals surface area contributed by atoms with Crippen LogP contribution in [0.15, 0.2) is 54.6 Å². The van der Waals surface area contributed by atoms with Crippen LogP contribution in [0.3, 0.4) is 0 Å². The smallest absolute Gasteiger partial charge is 0.220 e. The first kappa shape index (κ1) is 19.8. The van der Waals surface area contributed by atoms with Crippen LogP contribution in [-0.2, 0) is 24.3 Å². The van der Waals surface area contributed by atoms with Crippen molar-refractivity contribution in [2.24, 2.45) is 0 Å². The average molecular weight is 391 g/mol. The lowest BCUT2D eigenvalue weighted by atomic mass is 10.1. The van der Waals surface area contributed by atoms with Crippen molar-refractivity contribution >= 4 is 16.9 Å². The third kappa shape index (κ3) is 5.77. The average Bonchev–Trinajstić information content (AvgIpc) is 2.91. The fourth-order valence-electron chi connectivity index (χ4n) is 2.90. The molecule has 0 bridgehead atoms. The van der Waals surface area contributed by atoms with E-state index in [2.05, 4.69) is 10.0 Å². The summed E-state index contributed by atoms with van der Waals surface area (Å²) in [4.78, 5) is 12.0. The monoisotopic (exact) mass is 391 g/mol. The number of aliphatic hydroxyl groups excluding tert-OH is 1. The second kappa shape index (κ2) is 8.83. The van der Waals surface area contributed by atoms with Crippen molar-refractivity contribution in [3.8, 4) is 0 Å². The fourth-order valence-corrected chi connectivity index (χ4v) is 4.17. The zero-order valence-corrected chi connectivity index (χ0v) is 15.7. The molecule has 3 rings (SSSR count). The van der Waals surface area contributed by atoms with Gasteiger partial charge in [0.25, 0.3) is 0 Å². The first-order chi connectivity index (χ1) is 12.9. The van der Waals surface area contributed by atoms with Crippen LogP contribution in [0.4, 0.5) is 0 Å². The van der Waals surface area contributed by atoms with Gasteiger partial charge in [-0.15, -0.1) is 0 Å². The van der Waals surface area contributed by atoms with Gasteiger partial charge in [0.1, 0.15) is 6.23 Å². The predicted octanol–water partition coefficient (Wildman–Crippen LogP) is 2.24. The highest BCUT2D eigenvalue weighted by Gasteiger charge is 2.34. The summed E-state index contributed by atoms with van der Waals surface area (Å²) in [6.07, 6.45) is 0.221. The standard InChI is InChI=1S/C19H25N3O4S/c23-18(11-10-15-4-2-1-3-5-15)20-12-16-6-8-17(9-7-16)13-22-14-19(24)21-27(22,25)26/h1-9,19,21,24-26H,10-14H2,(H,20,23). The van der Waals surface area contributed by atoms with Gasteiger partial charge in [0, 0.05) is 19.5 Å². The number of rotatable bonds is 7. The molecule has 2 aromatic rings. The van der Waals surface area contributed by atoms with Crippen molar-refractivity contribution in [1.29, 1.82) is 0 Å². The number of amides is 1. The lowest BCUT2D eigenvalue weighted by Gasteiger charge is -2.35. The summed E-state index contributed by atoms with van der Waals surface area (Å²) in [6.45, 7) is 0.921. The number of β-amino-alcohol motifs (C(OH)–C–C–N with tert-alkyl or cyclic N) is 1. The summed E-state index contributed by atoms with van der Waals surface area (Å²) < 4.78 is 23.5. The Bertz CT molecular complexity index is 755. The van der Waals surface area contributed by atoms with Crippen LogP contribution in [0.5, 0.6) is 0 Å². The van der Waals surface area contributed by atoms with Crippen molar-refractivity contribution in [2.45, 2.75) is 32.2 Å². The molecule has 0 radical (unpaired) electrons. The molecular formula is C19H25N3O4S. The van der Waals surface area contributed by atoms with Gasteiger partial charge in [-0.3, -0.25) is 13.9 Å². The summed E-state index contributed by atoms with van der Waals surface area (Å²) in [7, 11) is -3.12. The van der Waals surface area contributed by atoms with Gasteiger partial charge in [-0.25, -0.2) is 0 Å². The number of carbonyl (C=O) groups excluding carboxylic acids is 1. The van der Waals surface area contributed by atoms with Crippen LogP contribution < -0.4 is 10.0 Å². The normalized spacial score (nSPS) is 20.3. The third-order valence-electron chi connectivity index (χ3n) is 4.39. The topological polar surface area (TPSA) is 105 Å². The molecule has 0 aromatic heterocycles. The summed E-state index contributed by atoms with van der Waals surface area (Å²) in [6, 6.07) is 17.5. The maximum absolute atomic E-state index is 12.0. The third-order valence-corrected chi connectivity index (χ3v) is 5.97. The maximum atomic E-state index is 12.0. The number of aryl methyl sites for hydroxylation is 1. The van der Waals surface area contributed by atoms with E-state index in [9.17, 15) is 19.0 Å². The molecule has 27 heavy (non-hydrogen) atoms. The number of hydrogen-bond acceptors (Lipinski definition) is 6. The Morgan fingerprint density at radius 3 is 2.37 bits per heavy atom. The summed E-state index contributed by atoms with van der Waals surface area (Å²) in [5.74, 6) is 0.00834. The van der Waals surface area contributed by atoms with Gasteiger partial charge in [0.2, 0.25) is 5.91 Å². The minimum atomic E-state index is -3.12. The Hall–Kier alpha value is -1.94. The Labute approximate surface area is 160 Å². The number of carbonyl (C=O) groups is 1. The number of nitrogens with one attached hydrogen (secondary N) is 2. The number of aliphatic hydroxyl groups is 1. The Morgan fingerprint density at radius 1 is 1.07 bits per heavy atom. The summed E-state index contributed by atoms with van der Waals surface area (Å²) in [5, 5.41) is 12.4. The molecule has 1 heterocycles. The van der Waals surface area contributed by atoms with E-state index in [4.69, 9.17) is 0 Å². The molecule has 7 nitrogen and oxygen atoms in total. The number of benzene rings is 2. The first-order valence-corrected chi connectivity index (χ1v) is 10.3. The van der Waals surface area contributed by atoms with Crippen LogP contribution in [0.1, 0.15) is 23.1 Å². The molecule has 1 aliphatic heterocycles. The quantitative estimate of drug-likeness (QED) is 0.496. The van der Waals surface area contributed by atoms with Gasteiger partial charge in [-0.05, 0) is 23.1 Å². The molecule has 0 saturated carbocycles. The molecule has 1 unspecified atom stereocenters. The highest BCUT2D eigenvalue weighted by atomic mass is 32.3. The van der Waals surface area contributed by atoms with Crippen LogP contribution in [0, 0.1) is 0 Å². The molecule has 5 N–H and O–H groups in total. The minimum Gasteiger partial charge on any atom is -0.376 e. The van der Waals surface area contributed by atoms with Gasteiger partial charge >= 0.3 is 0 Å². The Kier molecular flexibility index (Phi) is 6.48. The fraction of sp³-hybridized carbons (Fsp3) is 0.316. The largest absolute Gasteiger partial charge is 0.376 e. The van der Waals surface area contributed by atoms with Crippen LogP contribution in [0.2, 0.25) is 0 Å². The van der Waals surface area contributed by atoms with E-state index in [1.54, 1.807) is 0 Å². The molecule has 1 saturated heterocycles. The molecule has 1 fully saturated rings. The molecule has 0 spiro atoms. The number of nitrogens with zero attached hydrogens (tertiary/aromatic N) is 1. The summed E-state index contributed by atoms with van der Waals surface area (Å²) in [5.41, 5.74) is 3.01. The SMILES string of the molecule is O=C(CCc1ccccc1)NCc1ccc(CN2CC(O)NS2(O)O)cc1.